The minimum atomic E-state index is -0.409. The van der Waals surface area contributed by atoms with Gasteiger partial charge >= 0.3 is 0 Å². The monoisotopic (exact) mass is 444 g/mol. The van der Waals surface area contributed by atoms with Crippen LogP contribution < -0.4 is 5.32 Å². The van der Waals surface area contributed by atoms with Crippen LogP contribution in [-0.2, 0) is 20.9 Å². The van der Waals surface area contributed by atoms with Gasteiger partial charge in [-0.05, 0) is 37.8 Å². The van der Waals surface area contributed by atoms with Gasteiger partial charge in [0.2, 0.25) is 11.8 Å². The van der Waals surface area contributed by atoms with Crippen molar-refractivity contribution >= 4 is 11.8 Å². The molecule has 2 unspecified atom stereocenters. The number of amides is 2. The van der Waals surface area contributed by atoms with Gasteiger partial charge in [-0.25, -0.2) is 0 Å². The fourth-order valence-corrected chi connectivity index (χ4v) is 4.81. The number of carbonyl (C=O) groups is 2. The molecule has 2 aliphatic rings. The van der Waals surface area contributed by atoms with Crippen molar-refractivity contribution in [3.05, 3.63) is 35.4 Å². The van der Waals surface area contributed by atoms with Crippen LogP contribution in [0.1, 0.15) is 37.8 Å². The summed E-state index contributed by atoms with van der Waals surface area (Å²) in [6.45, 7) is 12.1. The highest BCUT2D eigenvalue weighted by Gasteiger charge is 2.43. The fourth-order valence-electron chi connectivity index (χ4n) is 4.81. The van der Waals surface area contributed by atoms with Crippen molar-refractivity contribution in [3.63, 3.8) is 0 Å². The number of benzene rings is 1. The van der Waals surface area contributed by atoms with Crippen LogP contribution in [0, 0.1) is 12.8 Å². The van der Waals surface area contributed by atoms with Crippen molar-refractivity contribution in [2.24, 2.45) is 5.92 Å². The number of likely N-dealkylation sites (tertiary alicyclic amines) is 1. The average molecular weight is 445 g/mol. The van der Waals surface area contributed by atoms with Crippen LogP contribution in [-0.4, -0.2) is 91.6 Å². The zero-order chi connectivity index (χ0) is 23.1. The molecular weight excluding hydrogens is 404 g/mol. The molecule has 2 atom stereocenters. The van der Waals surface area contributed by atoms with Gasteiger partial charge in [0, 0.05) is 52.4 Å². The van der Waals surface area contributed by atoms with E-state index >= 15 is 0 Å². The fraction of sp³-hybridized carbons (Fsp3) is 0.680. The molecule has 1 N–H and O–H groups in total. The Morgan fingerprint density at radius 1 is 1.19 bits per heavy atom. The van der Waals surface area contributed by atoms with Gasteiger partial charge in [0.1, 0.15) is 12.6 Å². The molecule has 2 aliphatic heterocycles. The predicted molar refractivity (Wildman–Crippen MR) is 126 cm³/mol. The van der Waals surface area contributed by atoms with E-state index in [2.05, 4.69) is 55.3 Å². The maximum atomic E-state index is 13.5. The van der Waals surface area contributed by atoms with Gasteiger partial charge in [-0.2, -0.15) is 0 Å². The Morgan fingerprint density at radius 2 is 1.94 bits per heavy atom. The lowest BCUT2D eigenvalue weighted by atomic mass is 10.1. The van der Waals surface area contributed by atoms with Gasteiger partial charge in [0.15, 0.2) is 0 Å². The molecule has 32 heavy (non-hydrogen) atoms. The second kappa shape index (κ2) is 11.8. The second-order valence-electron chi connectivity index (χ2n) is 9.62. The first-order valence-electron chi connectivity index (χ1n) is 12.0. The molecule has 0 aromatic heterocycles. The van der Waals surface area contributed by atoms with Crippen LogP contribution in [0.15, 0.2) is 24.3 Å². The highest BCUT2D eigenvalue weighted by atomic mass is 16.5. The lowest BCUT2D eigenvalue weighted by molar-refractivity contribution is -0.145. The highest BCUT2D eigenvalue weighted by Crippen LogP contribution is 2.27. The molecule has 178 valence electrons. The summed E-state index contributed by atoms with van der Waals surface area (Å²) in [5, 5.41) is 3.35. The topological polar surface area (TPSA) is 65.1 Å². The number of aryl methyl sites for hydroxylation is 1. The van der Waals surface area contributed by atoms with E-state index in [-0.39, 0.29) is 24.5 Å². The van der Waals surface area contributed by atoms with Gasteiger partial charge in [0.25, 0.3) is 0 Å². The summed E-state index contributed by atoms with van der Waals surface area (Å²) in [4.78, 5) is 32.6. The van der Waals surface area contributed by atoms with E-state index in [0.29, 0.717) is 25.4 Å². The van der Waals surface area contributed by atoms with Crippen molar-refractivity contribution in [1.29, 1.82) is 0 Å². The molecule has 0 saturated carbocycles. The normalized spacial score (nSPS) is 21.9. The SMILES string of the molecule is COCC(=O)N1CC(N(Cc2ccc(C)cc2)CC(C)C)CC1C(=O)N1CCCNCC1. The maximum Gasteiger partial charge on any atom is 0.249 e. The summed E-state index contributed by atoms with van der Waals surface area (Å²) in [6.07, 6.45) is 1.62. The molecule has 0 aliphatic carbocycles. The van der Waals surface area contributed by atoms with Crippen molar-refractivity contribution in [3.8, 4) is 0 Å². The van der Waals surface area contributed by atoms with Crippen molar-refractivity contribution in [2.45, 2.75) is 52.2 Å². The van der Waals surface area contributed by atoms with Crippen molar-refractivity contribution in [1.82, 2.24) is 20.0 Å². The molecule has 2 amide bonds. The molecule has 2 heterocycles. The van der Waals surface area contributed by atoms with E-state index in [1.165, 1.54) is 18.2 Å². The van der Waals surface area contributed by atoms with Gasteiger partial charge in [-0.15, -0.1) is 0 Å². The summed E-state index contributed by atoms with van der Waals surface area (Å²) >= 11 is 0. The number of carbonyl (C=O) groups excluding carboxylic acids is 2. The van der Waals surface area contributed by atoms with E-state index in [0.717, 1.165) is 39.1 Å². The van der Waals surface area contributed by atoms with Gasteiger partial charge in [-0.1, -0.05) is 43.7 Å². The number of methoxy groups -OCH3 is 1. The van der Waals surface area contributed by atoms with E-state index in [1.807, 2.05) is 4.90 Å². The molecule has 2 fully saturated rings. The minimum absolute atomic E-state index is 0.0141. The Hall–Kier alpha value is -1.96. The van der Waals surface area contributed by atoms with Crippen molar-refractivity contribution in [2.75, 3.05) is 53.0 Å². The van der Waals surface area contributed by atoms with E-state index < -0.39 is 6.04 Å². The third-order valence-electron chi connectivity index (χ3n) is 6.43. The number of rotatable bonds is 8. The summed E-state index contributed by atoms with van der Waals surface area (Å²) in [6, 6.07) is 8.39. The number of nitrogens with zero attached hydrogens (tertiary/aromatic N) is 3. The van der Waals surface area contributed by atoms with Crippen LogP contribution in [0.25, 0.3) is 0 Å². The molecule has 0 spiro atoms. The highest BCUT2D eigenvalue weighted by molar-refractivity contribution is 5.89. The second-order valence-corrected chi connectivity index (χ2v) is 9.62. The van der Waals surface area contributed by atoms with Gasteiger partial charge in [0.05, 0.1) is 0 Å². The number of hydrogen-bond donors (Lipinski definition) is 1. The summed E-state index contributed by atoms with van der Waals surface area (Å²) in [7, 11) is 1.53. The minimum Gasteiger partial charge on any atom is -0.375 e. The van der Waals surface area contributed by atoms with Crippen LogP contribution in [0.2, 0.25) is 0 Å². The van der Waals surface area contributed by atoms with Crippen LogP contribution in [0.3, 0.4) is 0 Å². The molecule has 7 nitrogen and oxygen atoms in total. The van der Waals surface area contributed by atoms with Crippen LogP contribution >= 0.6 is 0 Å². The van der Waals surface area contributed by atoms with Crippen molar-refractivity contribution < 1.29 is 14.3 Å². The molecule has 3 rings (SSSR count). The first kappa shape index (κ1) is 24.7. The Kier molecular flexibility index (Phi) is 9.08. The smallest absolute Gasteiger partial charge is 0.249 e. The first-order valence-corrected chi connectivity index (χ1v) is 12.0. The lowest BCUT2D eigenvalue weighted by Gasteiger charge is -2.30. The average Bonchev–Trinajstić information content (AvgIpc) is 3.02. The van der Waals surface area contributed by atoms with Gasteiger partial charge in [-0.3, -0.25) is 14.5 Å². The molecule has 7 heteroatoms. The molecule has 0 bridgehead atoms. The maximum absolute atomic E-state index is 13.5. The Morgan fingerprint density at radius 3 is 2.62 bits per heavy atom. The first-order chi connectivity index (χ1) is 15.4. The van der Waals surface area contributed by atoms with E-state index in [4.69, 9.17) is 4.74 Å². The van der Waals surface area contributed by atoms with Crippen LogP contribution in [0.5, 0.6) is 0 Å². The Balaban J connectivity index is 1.79. The number of nitrogens with one attached hydrogen (secondary N) is 1. The van der Waals surface area contributed by atoms with E-state index in [1.54, 1.807) is 4.90 Å². The number of hydrogen-bond acceptors (Lipinski definition) is 5. The lowest BCUT2D eigenvalue weighted by Crippen LogP contribution is -2.49. The Bertz CT molecular complexity index is 744. The van der Waals surface area contributed by atoms with E-state index in [9.17, 15) is 9.59 Å². The number of ether oxygens (including phenoxy) is 1. The summed E-state index contributed by atoms with van der Waals surface area (Å²) in [5.41, 5.74) is 2.51. The summed E-state index contributed by atoms with van der Waals surface area (Å²) in [5.74, 6) is 0.483. The molecular formula is C25H40N4O3. The predicted octanol–water partition coefficient (Wildman–Crippen LogP) is 1.89. The summed E-state index contributed by atoms with van der Waals surface area (Å²) < 4.78 is 5.14. The Labute approximate surface area is 193 Å². The van der Waals surface area contributed by atoms with Gasteiger partial charge < -0.3 is 19.9 Å². The standard InChI is InChI=1S/C25H40N4O3/c1-19(2)15-28(16-21-8-6-20(3)7-9-21)22-14-23(29(17-22)24(30)18-32-4)25(31)27-12-5-10-26-11-13-27/h6-9,19,22-23,26H,5,10-18H2,1-4H3. The third-order valence-corrected chi connectivity index (χ3v) is 6.43. The molecule has 1 aromatic carbocycles. The zero-order valence-corrected chi connectivity index (χ0v) is 20.2. The quantitative estimate of drug-likeness (QED) is 0.663. The molecule has 2 saturated heterocycles. The zero-order valence-electron chi connectivity index (χ0n) is 20.2. The van der Waals surface area contributed by atoms with Crippen LogP contribution in [0.4, 0.5) is 0 Å². The third kappa shape index (κ3) is 6.53. The largest absolute Gasteiger partial charge is 0.375 e. The molecule has 1 aromatic rings. The molecule has 0 radical (unpaired) electrons.